The molecule has 0 aliphatic heterocycles. The number of nitrogens with zero attached hydrogens (tertiary/aromatic N) is 3. The summed E-state index contributed by atoms with van der Waals surface area (Å²) >= 11 is 0. The SMILES string of the molecule is CCC(C)n1cnc(S(=O)(=O)N(CC)c2cccc(CO)c2)c1. The van der Waals surface area contributed by atoms with Crippen LogP contribution in [0.2, 0.25) is 0 Å². The first-order valence-corrected chi connectivity index (χ1v) is 9.14. The summed E-state index contributed by atoms with van der Waals surface area (Å²) in [6, 6.07) is 7.07. The van der Waals surface area contributed by atoms with Crippen LogP contribution >= 0.6 is 0 Å². The van der Waals surface area contributed by atoms with Crippen molar-refractivity contribution < 1.29 is 13.5 Å². The zero-order chi connectivity index (χ0) is 17.0. The second-order valence-electron chi connectivity index (χ2n) is 5.41. The molecule has 2 rings (SSSR count). The van der Waals surface area contributed by atoms with Gasteiger partial charge in [-0.2, -0.15) is 8.42 Å². The van der Waals surface area contributed by atoms with Crippen molar-refractivity contribution >= 4 is 15.7 Å². The van der Waals surface area contributed by atoms with Gasteiger partial charge in [-0.25, -0.2) is 4.98 Å². The molecule has 2 aromatic rings. The Morgan fingerprint density at radius 3 is 2.70 bits per heavy atom. The van der Waals surface area contributed by atoms with Crippen molar-refractivity contribution in [1.29, 1.82) is 0 Å². The van der Waals surface area contributed by atoms with Gasteiger partial charge in [0.1, 0.15) is 0 Å². The topological polar surface area (TPSA) is 75.4 Å². The Kier molecular flexibility index (Phi) is 5.43. The van der Waals surface area contributed by atoms with Crippen molar-refractivity contribution in [3.05, 3.63) is 42.4 Å². The molecule has 7 heteroatoms. The lowest BCUT2D eigenvalue weighted by molar-refractivity contribution is 0.282. The van der Waals surface area contributed by atoms with Crippen LogP contribution in [0.1, 0.15) is 38.8 Å². The molecule has 1 atom stereocenters. The molecule has 0 spiro atoms. The minimum absolute atomic E-state index is 0.0362. The summed E-state index contributed by atoms with van der Waals surface area (Å²) in [6.45, 7) is 5.98. The first-order valence-electron chi connectivity index (χ1n) is 7.70. The van der Waals surface area contributed by atoms with Crippen molar-refractivity contribution in [2.45, 2.75) is 44.9 Å². The summed E-state index contributed by atoms with van der Waals surface area (Å²) in [7, 11) is -3.73. The van der Waals surface area contributed by atoms with E-state index in [2.05, 4.69) is 4.98 Å². The summed E-state index contributed by atoms with van der Waals surface area (Å²) < 4.78 is 28.9. The number of hydrogen-bond acceptors (Lipinski definition) is 4. The van der Waals surface area contributed by atoms with Gasteiger partial charge in [0.25, 0.3) is 10.0 Å². The molecular weight excluding hydrogens is 314 g/mol. The molecule has 6 nitrogen and oxygen atoms in total. The van der Waals surface area contributed by atoms with Gasteiger partial charge in [-0.05, 0) is 38.0 Å². The quantitative estimate of drug-likeness (QED) is 0.842. The number of hydrogen-bond donors (Lipinski definition) is 1. The monoisotopic (exact) mass is 337 g/mol. The van der Waals surface area contributed by atoms with E-state index in [1.54, 1.807) is 43.7 Å². The summed E-state index contributed by atoms with van der Waals surface area (Å²) in [5.74, 6) is 0. The van der Waals surface area contributed by atoms with Gasteiger partial charge in [0.15, 0.2) is 5.03 Å². The highest BCUT2D eigenvalue weighted by Gasteiger charge is 2.26. The summed E-state index contributed by atoms with van der Waals surface area (Å²) in [4.78, 5) is 4.08. The number of anilines is 1. The molecule has 0 amide bonds. The van der Waals surface area contributed by atoms with E-state index in [1.807, 2.05) is 18.4 Å². The Labute approximate surface area is 137 Å². The van der Waals surface area contributed by atoms with E-state index < -0.39 is 10.0 Å². The van der Waals surface area contributed by atoms with Crippen molar-refractivity contribution in [2.75, 3.05) is 10.8 Å². The molecule has 0 fully saturated rings. The minimum atomic E-state index is -3.73. The second kappa shape index (κ2) is 7.14. The molecule has 23 heavy (non-hydrogen) atoms. The molecule has 0 radical (unpaired) electrons. The highest BCUT2D eigenvalue weighted by molar-refractivity contribution is 7.92. The number of aliphatic hydroxyl groups is 1. The molecular formula is C16H23N3O3S. The van der Waals surface area contributed by atoms with Crippen LogP contribution in [0.4, 0.5) is 5.69 Å². The molecule has 0 aliphatic rings. The van der Waals surface area contributed by atoms with E-state index in [0.717, 1.165) is 6.42 Å². The number of rotatable bonds is 7. The highest BCUT2D eigenvalue weighted by Crippen LogP contribution is 2.24. The zero-order valence-corrected chi connectivity index (χ0v) is 14.5. The van der Waals surface area contributed by atoms with Gasteiger partial charge in [0, 0.05) is 18.8 Å². The standard InChI is InChI=1S/C16H23N3O3S/c1-4-13(3)18-10-16(17-12-18)23(21,22)19(5-2)15-8-6-7-14(9-15)11-20/h6-10,12-13,20H,4-5,11H2,1-3H3. The molecule has 1 heterocycles. The predicted molar refractivity (Wildman–Crippen MR) is 89.8 cm³/mol. The lowest BCUT2D eigenvalue weighted by Gasteiger charge is -2.22. The normalized spacial score (nSPS) is 13.0. The maximum absolute atomic E-state index is 12.9. The smallest absolute Gasteiger partial charge is 0.283 e. The Morgan fingerprint density at radius 1 is 1.35 bits per heavy atom. The third kappa shape index (κ3) is 3.56. The van der Waals surface area contributed by atoms with Gasteiger partial charge in [0.2, 0.25) is 0 Å². The van der Waals surface area contributed by atoms with E-state index in [1.165, 1.54) is 4.31 Å². The molecule has 0 bridgehead atoms. The summed E-state index contributed by atoms with van der Waals surface area (Å²) in [5, 5.41) is 9.28. The van der Waals surface area contributed by atoms with Crippen molar-refractivity contribution in [3.8, 4) is 0 Å². The maximum Gasteiger partial charge on any atom is 0.283 e. The zero-order valence-electron chi connectivity index (χ0n) is 13.7. The molecule has 0 aliphatic carbocycles. The second-order valence-corrected chi connectivity index (χ2v) is 7.22. The van der Waals surface area contributed by atoms with E-state index in [9.17, 15) is 13.5 Å². The molecule has 0 saturated carbocycles. The lowest BCUT2D eigenvalue weighted by atomic mass is 10.2. The summed E-state index contributed by atoms with van der Waals surface area (Å²) in [5.41, 5.74) is 1.19. The van der Waals surface area contributed by atoms with Gasteiger partial charge < -0.3 is 9.67 Å². The number of benzene rings is 1. The van der Waals surface area contributed by atoms with Crippen molar-refractivity contribution in [1.82, 2.24) is 9.55 Å². The van der Waals surface area contributed by atoms with Gasteiger partial charge in [-0.1, -0.05) is 19.1 Å². The number of imidazole rings is 1. The third-order valence-electron chi connectivity index (χ3n) is 3.90. The molecule has 1 aromatic carbocycles. The molecule has 1 unspecified atom stereocenters. The van der Waals surface area contributed by atoms with Gasteiger partial charge in [-0.15, -0.1) is 0 Å². The molecule has 1 N–H and O–H groups in total. The van der Waals surface area contributed by atoms with Crippen LogP contribution in [0.3, 0.4) is 0 Å². The van der Waals surface area contributed by atoms with E-state index in [0.29, 0.717) is 11.3 Å². The fourth-order valence-electron chi connectivity index (χ4n) is 2.32. The third-order valence-corrected chi connectivity index (χ3v) is 5.69. The number of sulfonamides is 1. The van der Waals surface area contributed by atoms with Crippen molar-refractivity contribution in [2.24, 2.45) is 0 Å². The van der Waals surface area contributed by atoms with Crippen LogP contribution in [-0.4, -0.2) is 29.6 Å². The van der Waals surface area contributed by atoms with Crippen LogP contribution in [0.25, 0.3) is 0 Å². The van der Waals surface area contributed by atoms with Gasteiger partial charge in [-0.3, -0.25) is 4.31 Å². The van der Waals surface area contributed by atoms with Gasteiger partial charge >= 0.3 is 0 Å². The molecule has 0 saturated heterocycles. The molecule has 126 valence electrons. The Balaban J connectivity index is 2.40. The number of aliphatic hydroxyl groups excluding tert-OH is 1. The number of aromatic nitrogens is 2. The lowest BCUT2D eigenvalue weighted by Crippen LogP contribution is -2.31. The fourth-order valence-corrected chi connectivity index (χ4v) is 3.71. The Hall–Kier alpha value is -1.86. The first kappa shape index (κ1) is 17.5. The summed E-state index contributed by atoms with van der Waals surface area (Å²) in [6.07, 6.45) is 4.02. The van der Waals surface area contributed by atoms with Crippen LogP contribution in [0.5, 0.6) is 0 Å². The average molecular weight is 337 g/mol. The predicted octanol–water partition coefficient (Wildman–Crippen LogP) is 2.56. The highest BCUT2D eigenvalue weighted by atomic mass is 32.2. The van der Waals surface area contributed by atoms with Crippen LogP contribution in [-0.2, 0) is 16.6 Å². The van der Waals surface area contributed by atoms with Crippen LogP contribution < -0.4 is 4.31 Å². The largest absolute Gasteiger partial charge is 0.392 e. The Morgan fingerprint density at radius 2 is 2.09 bits per heavy atom. The molecule has 1 aromatic heterocycles. The average Bonchev–Trinajstić information content (AvgIpc) is 3.05. The van der Waals surface area contributed by atoms with Crippen molar-refractivity contribution in [3.63, 3.8) is 0 Å². The van der Waals surface area contributed by atoms with Gasteiger partial charge in [0.05, 0.1) is 18.6 Å². The first-order chi connectivity index (χ1) is 10.9. The Bertz CT molecular complexity index is 755. The minimum Gasteiger partial charge on any atom is -0.392 e. The van der Waals surface area contributed by atoms with E-state index >= 15 is 0 Å². The maximum atomic E-state index is 12.9. The van der Waals surface area contributed by atoms with Crippen LogP contribution in [0.15, 0.2) is 41.8 Å². The van der Waals surface area contributed by atoms with E-state index in [-0.39, 0.29) is 24.2 Å². The fraction of sp³-hybridized carbons (Fsp3) is 0.438. The van der Waals surface area contributed by atoms with E-state index in [4.69, 9.17) is 0 Å². The van der Waals surface area contributed by atoms with Crippen LogP contribution in [0, 0.1) is 0 Å².